The number of hydrogen-bond donors (Lipinski definition) is 7. The molecule has 67 heavy (non-hydrogen) atoms. The molecule has 32 nitrogen and oxygen atoms in total. The van der Waals surface area contributed by atoms with Gasteiger partial charge < -0.3 is 76.5 Å². The number of ether oxygens (including phenoxy) is 4. The minimum atomic E-state index is -5.92. The highest BCUT2D eigenvalue weighted by Crippen LogP contribution is 2.49. The molecule has 3 aromatic heterocycles. The zero-order chi connectivity index (χ0) is 49.7. The number of carbonyl (C=O) groups is 1. The maximum Gasteiger partial charge on any atom is 0.330 e. The van der Waals surface area contributed by atoms with E-state index in [0.717, 1.165) is 30.1 Å². The third-order valence-electron chi connectivity index (χ3n) is 10.2. The van der Waals surface area contributed by atoms with E-state index in [0.29, 0.717) is 9.13 Å². The maximum atomic E-state index is 13.4. The lowest BCUT2D eigenvalue weighted by atomic mass is 10.1. The maximum absolute atomic E-state index is 13.4. The lowest BCUT2D eigenvalue weighted by Crippen LogP contribution is -2.41. The van der Waals surface area contributed by atoms with Crippen molar-refractivity contribution in [1.82, 2.24) is 28.7 Å². The minimum absolute atomic E-state index is 0.0193. The molecule has 6 heterocycles. The van der Waals surface area contributed by atoms with Crippen molar-refractivity contribution in [3.05, 3.63) is 97.8 Å². The molecule has 3 fully saturated rings. The first-order valence-corrected chi connectivity index (χ1v) is 23.6. The summed E-state index contributed by atoms with van der Waals surface area (Å²) in [5, 5.41) is 33.4. The number of nitrogens with zero attached hydrogens (tertiary/aromatic N) is 3. The number of phosphoric acid groups is 3. The van der Waals surface area contributed by atoms with Gasteiger partial charge in [-0.2, -0.15) is 0 Å². The van der Waals surface area contributed by atoms with Gasteiger partial charge in [-0.3, -0.25) is 61.5 Å². The number of aromatic amines is 3. The Morgan fingerprint density at radius 1 is 0.597 bits per heavy atom. The fourth-order valence-corrected chi connectivity index (χ4v) is 9.26. The van der Waals surface area contributed by atoms with E-state index < -0.39 is 157 Å². The number of aryl methyl sites for hydroxylation is 3. The quantitative estimate of drug-likeness (QED) is 0.0488. The number of nitrogens with one attached hydrogen (secondary N) is 3. The highest BCUT2D eigenvalue weighted by molar-refractivity contribution is 7.46. The van der Waals surface area contributed by atoms with E-state index >= 15 is 0 Å². The molecule has 0 amide bonds. The third-order valence-corrected chi connectivity index (χ3v) is 12.6. The second-order valence-electron chi connectivity index (χ2n) is 15.1. The third kappa shape index (κ3) is 11.9. The van der Waals surface area contributed by atoms with Crippen molar-refractivity contribution in [2.45, 2.75) is 101 Å². The molecule has 3 aliphatic heterocycles. The summed E-state index contributed by atoms with van der Waals surface area (Å²) in [4.78, 5) is 139. The SMILES string of the molecule is CC(=O)O[C@H]1[C@@H](O)[C@H](n2cc(C)c(=O)[nH]c2=O)O[C@@H]1COP(=O)([O-])O[C@H]1[C@@H](O)[C@H](n2cc(C)c(=O)[nH]c2=O)O[C@@H]1COP(=O)([O-])O[C@H]1[C@@H](O)[C@H](n2cc(C)c(=O)[nH]c2=O)O[C@@H]1COP(=O)([O-])O. The van der Waals surface area contributed by atoms with Gasteiger partial charge in [-0.1, -0.05) is 0 Å². The molecule has 3 unspecified atom stereocenters. The van der Waals surface area contributed by atoms with Crippen LogP contribution in [0.15, 0.2) is 47.4 Å². The van der Waals surface area contributed by atoms with Crippen LogP contribution in [0.25, 0.3) is 0 Å². The molecule has 3 saturated heterocycles. The molecule has 372 valence electrons. The van der Waals surface area contributed by atoms with Crippen LogP contribution in [0, 0.1) is 20.8 Å². The molecular weight excluding hydrogens is 977 g/mol. The monoisotopic (exact) mass is 1020 g/mol. The highest BCUT2D eigenvalue weighted by atomic mass is 31.2. The van der Waals surface area contributed by atoms with Gasteiger partial charge in [-0.05, 0) is 20.8 Å². The lowest BCUT2D eigenvalue weighted by molar-refractivity contribution is -0.240. The van der Waals surface area contributed by atoms with E-state index in [1.807, 2.05) is 15.0 Å². The second-order valence-corrected chi connectivity index (χ2v) is 19.0. The Balaban J connectivity index is 1.23. The molecular formula is C32H40N6O26P3-3. The number of carbonyl (C=O) groups excluding carboxylic acids is 1. The first kappa shape index (κ1) is 52.0. The van der Waals surface area contributed by atoms with E-state index in [2.05, 4.69) is 4.52 Å². The van der Waals surface area contributed by atoms with Crippen molar-refractivity contribution in [2.24, 2.45) is 0 Å². The van der Waals surface area contributed by atoms with Crippen LogP contribution in [0.1, 0.15) is 42.3 Å². The van der Waals surface area contributed by atoms with Gasteiger partial charge in [-0.15, -0.1) is 0 Å². The van der Waals surface area contributed by atoms with Crippen molar-refractivity contribution in [1.29, 1.82) is 0 Å². The smallest absolute Gasteiger partial charge is 0.330 e. The molecule has 0 spiro atoms. The first-order chi connectivity index (χ1) is 31.1. The zero-order valence-electron chi connectivity index (χ0n) is 34.7. The predicted molar refractivity (Wildman–Crippen MR) is 206 cm³/mol. The summed E-state index contributed by atoms with van der Waals surface area (Å²) in [5.74, 6) is -1.01. The Bertz CT molecular complexity index is 2870. The predicted octanol–water partition coefficient (Wildman–Crippen LogP) is -6.51. The van der Waals surface area contributed by atoms with Gasteiger partial charge >= 0.3 is 23.0 Å². The molecule has 6 rings (SSSR count). The van der Waals surface area contributed by atoms with Crippen LogP contribution in [0.2, 0.25) is 0 Å². The van der Waals surface area contributed by atoms with Crippen molar-refractivity contribution < 1.29 is 94.9 Å². The Labute approximate surface area is 371 Å². The first-order valence-electron chi connectivity index (χ1n) is 19.2. The van der Waals surface area contributed by atoms with Crippen molar-refractivity contribution in [3.63, 3.8) is 0 Å². The normalized spacial score (nSPS) is 31.3. The molecule has 15 atom stereocenters. The number of H-pyrrole nitrogens is 3. The van der Waals surface area contributed by atoms with Crippen LogP contribution < -0.4 is 48.4 Å². The van der Waals surface area contributed by atoms with Gasteiger partial charge in [0.25, 0.3) is 40.1 Å². The fraction of sp³-hybridized carbons (Fsp3) is 0.594. The van der Waals surface area contributed by atoms with Gasteiger partial charge in [0.2, 0.25) is 0 Å². The fourth-order valence-electron chi connectivity index (χ4n) is 7.03. The van der Waals surface area contributed by atoms with E-state index in [4.69, 9.17) is 41.9 Å². The molecule has 0 radical (unpaired) electrons. The average Bonchev–Trinajstić information content (AvgIpc) is 3.81. The van der Waals surface area contributed by atoms with E-state index in [1.165, 1.54) is 20.8 Å². The molecule has 0 saturated carbocycles. The Morgan fingerprint density at radius 2 is 0.896 bits per heavy atom. The summed E-state index contributed by atoms with van der Waals surface area (Å²) < 4.78 is 86.0. The Morgan fingerprint density at radius 3 is 1.21 bits per heavy atom. The number of aliphatic hydroxyl groups is 3. The summed E-state index contributed by atoms with van der Waals surface area (Å²) in [6.45, 7) is 0.931. The van der Waals surface area contributed by atoms with Gasteiger partial charge in [-0.25, -0.2) is 14.4 Å². The standard InChI is InChI=1S/C32H43N6O26P3/c1-11-5-36(30(46)33-24(11)43)27-18(40)21(59-14(4)39)15(60-27)9-57-66(52,53)64-23-17(62-29(20(23)42)38-7-13(3)26(45)35-32(38)48)10-58-67(54,55)63-22-16(8-56-65(49,50)51)61-28(19(22)41)37-6-12(2)25(44)34-31(37)47/h5-7,15-23,27-29,40-42H,8-10H2,1-4H3,(H,52,53)(H,54,55)(H,33,43,46)(H,34,44,47)(H,35,45,48)(H2,49,50,51)/p-3/t15-,16-,17-,18-,19-,20-,21-,22-,23-,27-,28-,29-/m1/s1. The van der Waals surface area contributed by atoms with Crippen LogP contribution in [-0.2, 0) is 60.1 Å². The van der Waals surface area contributed by atoms with E-state index in [1.54, 1.807) is 0 Å². The molecule has 0 aliphatic carbocycles. The molecule has 3 aliphatic rings. The molecule has 3 aromatic rings. The minimum Gasteiger partial charge on any atom is -0.756 e. The molecule has 0 aromatic carbocycles. The number of aliphatic hydroxyl groups excluding tert-OH is 3. The largest absolute Gasteiger partial charge is 0.756 e. The van der Waals surface area contributed by atoms with Gasteiger partial charge in [0.1, 0.15) is 48.8 Å². The lowest BCUT2D eigenvalue weighted by Gasteiger charge is -2.32. The number of phosphoric ester groups is 3. The average molecular weight is 1020 g/mol. The summed E-state index contributed by atoms with van der Waals surface area (Å²) in [6, 6.07) is 0. The van der Waals surface area contributed by atoms with Crippen molar-refractivity contribution in [2.75, 3.05) is 19.8 Å². The van der Waals surface area contributed by atoms with Gasteiger partial charge in [0.15, 0.2) is 24.8 Å². The molecule has 7 N–H and O–H groups in total. The van der Waals surface area contributed by atoms with Gasteiger partial charge in [0.05, 0.1) is 19.8 Å². The summed E-state index contributed by atoms with van der Waals surface area (Å²) in [6.07, 6.45) is -21.2. The number of aromatic nitrogens is 6. The second kappa shape index (κ2) is 19.9. The van der Waals surface area contributed by atoms with Crippen LogP contribution in [0.3, 0.4) is 0 Å². The number of rotatable bonds is 17. The van der Waals surface area contributed by atoms with Crippen molar-refractivity contribution in [3.8, 4) is 0 Å². The summed E-state index contributed by atoms with van der Waals surface area (Å²) in [5.41, 5.74) is -6.26. The van der Waals surface area contributed by atoms with Gasteiger partial charge in [0, 0.05) is 42.2 Å². The summed E-state index contributed by atoms with van der Waals surface area (Å²) in [7, 11) is -17.3. The van der Waals surface area contributed by atoms with E-state index in [-0.39, 0.29) is 16.7 Å². The highest BCUT2D eigenvalue weighted by Gasteiger charge is 2.52. The van der Waals surface area contributed by atoms with Crippen LogP contribution in [-0.4, -0.2) is 130 Å². The zero-order valence-corrected chi connectivity index (χ0v) is 37.4. The molecule has 35 heteroatoms. The topological polar surface area (TPSA) is 466 Å². The Kier molecular flexibility index (Phi) is 15.4. The number of esters is 1. The van der Waals surface area contributed by atoms with Crippen LogP contribution in [0.5, 0.6) is 0 Å². The Hall–Kier alpha value is -4.40. The van der Waals surface area contributed by atoms with Crippen LogP contribution >= 0.6 is 23.5 Å². The number of hydrogen-bond acceptors (Lipinski definition) is 25. The molecule has 0 bridgehead atoms. The van der Waals surface area contributed by atoms with E-state index in [9.17, 15) is 77.3 Å². The summed E-state index contributed by atoms with van der Waals surface area (Å²) >= 11 is 0. The van der Waals surface area contributed by atoms with Crippen molar-refractivity contribution >= 4 is 29.4 Å². The van der Waals surface area contributed by atoms with Crippen LogP contribution in [0.4, 0.5) is 0 Å².